The molecular formula is C45H77O13P. The molecule has 1 aliphatic carbocycles. The van der Waals surface area contributed by atoms with E-state index in [1.54, 1.807) is 0 Å². The standard InChI is InChI=1S/C45H77O13P/c1-3-5-7-9-11-13-15-17-19-21-23-25-27-29-31-33-38(46)55-35-37(36-56-59(53,54)58-45-43(51)41(49)40(48)42(50)44(45)52)57-39(47)34-32-30-28-26-24-22-20-18-16-14-12-10-8-6-4-2/h6,8,12,14,17-20,23,25,37,40-45,48-52H,3-5,7,9-11,13,15-16,21-22,24,26-36H2,1-2H3,(H,53,54)/b8-6+,14-12+,19-17+,20-18+,25-23+/t37-,40?,41-,42?,43?,44?,45?/m1/s1. The van der Waals surface area contributed by atoms with Crippen LogP contribution in [0.4, 0.5) is 0 Å². The third-order valence-electron chi connectivity index (χ3n) is 9.84. The van der Waals surface area contributed by atoms with E-state index in [0.29, 0.717) is 12.8 Å². The Bertz CT molecular complexity index is 1270. The molecule has 0 bridgehead atoms. The lowest BCUT2D eigenvalue weighted by Gasteiger charge is -2.41. The van der Waals surface area contributed by atoms with Crippen LogP contribution in [0.3, 0.4) is 0 Å². The van der Waals surface area contributed by atoms with Crippen LogP contribution in [0, 0.1) is 0 Å². The quantitative estimate of drug-likeness (QED) is 0.0154. The largest absolute Gasteiger partial charge is 0.472 e. The number of aliphatic hydroxyl groups excluding tert-OH is 5. The number of unbranched alkanes of at least 4 members (excludes halogenated alkanes) is 13. The number of allylic oxidation sites excluding steroid dienone is 10. The molecule has 0 amide bonds. The maximum atomic E-state index is 12.8. The summed E-state index contributed by atoms with van der Waals surface area (Å²) in [5.74, 6) is -1.16. The van der Waals surface area contributed by atoms with Gasteiger partial charge < -0.3 is 39.9 Å². The molecule has 0 aromatic heterocycles. The molecule has 0 radical (unpaired) electrons. The smallest absolute Gasteiger partial charge is 0.462 e. The molecule has 1 saturated carbocycles. The summed E-state index contributed by atoms with van der Waals surface area (Å²) in [6.45, 7) is 3.12. The number of aliphatic hydroxyl groups is 5. The van der Waals surface area contributed by atoms with Gasteiger partial charge in [-0.3, -0.25) is 18.6 Å². The lowest BCUT2D eigenvalue weighted by Crippen LogP contribution is -2.64. The van der Waals surface area contributed by atoms with Crippen molar-refractivity contribution in [2.75, 3.05) is 13.2 Å². The van der Waals surface area contributed by atoms with Gasteiger partial charge in [0.15, 0.2) is 6.10 Å². The summed E-state index contributed by atoms with van der Waals surface area (Å²) in [5, 5.41) is 50.1. The second kappa shape index (κ2) is 35.2. The zero-order valence-corrected chi connectivity index (χ0v) is 36.7. The molecule has 1 fully saturated rings. The highest BCUT2D eigenvalue weighted by Gasteiger charge is 2.51. The van der Waals surface area contributed by atoms with E-state index >= 15 is 0 Å². The predicted molar refractivity (Wildman–Crippen MR) is 230 cm³/mol. The third kappa shape index (κ3) is 27.9. The van der Waals surface area contributed by atoms with Crippen LogP contribution in [0.15, 0.2) is 60.8 Å². The SMILES string of the molecule is CC/C=C/C/C=C/C/C=C/CCCCCCCC(=O)O[C@H](COC(=O)CCCC/C=C/C/C=C/CCCCCCCC)COP(=O)(O)OC1C(O)C(O)C(O)[C@@H](O)C1O. The minimum Gasteiger partial charge on any atom is -0.462 e. The van der Waals surface area contributed by atoms with E-state index in [9.17, 15) is 44.6 Å². The van der Waals surface area contributed by atoms with Gasteiger partial charge in [-0.05, 0) is 77.0 Å². The molecular weight excluding hydrogens is 779 g/mol. The number of esters is 2. The first kappa shape index (κ1) is 54.6. The van der Waals surface area contributed by atoms with Gasteiger partial charge in [0.1, 0.15) is 43.2 Å². The number of carbonyl (C=O) groups excluding carboxylic acids is 2. The summed E-state index contributed by atoms with van der Waals surface area (Å²) in [6.07, 6.45) is 28.5. The molecule has 59 heavy (non-hydrogen) atoms. The van der Waals surface area contributed by atoms with Gasteiger partial charge in [-0.2, -0.15) is 0 Å². The molecule has 14 heteroatoms. The Kier molecular flexibility index (Phi) is 32.5. The fourth-order valence-electron chi connectivity index (χ4n) is 6.27. The van der Waals surface area contributed by atoms with Gasteiger partial charge in [-0.15, -0.1) is 0 Å². The summed E-state index contributed by atoms with van der Waals surface area (Å²) in [6, 6.07) is 0. The Labute approximate surface area is 353 Å². The molecule has 1 aliphatic rings. The molecule has 0 spiro atoms. The van der Waals surface area contributed by atoms with E-state index in [-0.39, 0.29) is 12.8 Å². The minimum atomic E-state index is -5.13. The molecule has 0 heterocycles. The molecule has 1 rings (SSSR count). The van der Waals surface area contributed by atoms with Crippen molar-refractivity contribution in [2.24, 2.45) is 0 Å². The Balaban J connectivity index is 2.52. The highest BCUT2D eigenvalue weighted by molar-refractivity contribution is 7.47. The van der Waals surface area contributed by atoms with Crippen LogP contribution < -0.4 is 0 Å². The average molecular weight is 857 g/mol. The van der Waals surface area contributed by atoms with Crippen molar-refractivity contribution in [1.82, 2.24) is 0 Å². The summed E-state index contributed by atoms with van der Waals surface area (Å²) in [7, 11) is -5.13. The second-order valence-electron chi connectivity index (χ2n) is 15.2. The van der Waals surface area contributed by atoms with Gasteiger partial charge in [0.2, 0.25) is 0 Å². The van der Waals surface area contributed by atoms with E-state index in [4.69, 9.17) is 18.5 Å². The number of hydrogen-bond donors (Lipinski definition) is 6. The van der Waals surface area contributed by atoms with E-state index in [2.05, 4.69) is 74.6 Å². The molecule has 13 nitrogen and oxygen atoms in total. The molecule has 0 saturated heterocycles. The zero-order chi connectivity index (χ0) is 43.6. The summed E-state index contributed by atoms with van der Waals surface area (Å²) < 4.78 is 33.4. The summed E-state index contributed by atoms with van der Waals surface area (Å²) >= 11 is 0. The van der Waals surface area contributed by atoms with Gasteiger partial charge in [-0.1, -0.05) is 126 Å². The predicted octanol–water partition coefficient (Wildman–Crippen LogP) is 8.16. The zero-order valence-electron chi connectivity index (χ0n) is 35.8. The van der Waals surface area contributed by atoms with E-state index in [1.807, 2.05) is 0 Å². The first-order chi connectivity index (χ1) is 28.4. The van der Waals surface area contributed by atoms with Crippen LogP contribution in [0.1, 0.15) is 155 Å². The fourth-order valence-corrected chi connectivity index (χ4v) is 7.24. The first-order valence-electron chi connectivity index (χ1n) is 22.1. The molecule has 340 valence electrons. The number of rotatable bonds is 35. The first-order valence-corrected chi connectivity index (χ1v) is 23.6. The third-order valence-corrected chi connectivity index (χ3v) is 10.8. The van der Waals surface area contributed by atoms with Crippen LogP contribution >= 0.6 is 7.82 Å². The average Bonchev–Trinajstić information content (AvgIpc) is 3.21. The Morgan fingerprint density at radius 3 is 1.51 bits per heavy atom. The number of hydrogen-bond acceptors (Lipinski definition) is 12. The van der Waals surface area contributed by atoms with Crippen molar-refractivity contribution >= 4 is 19.8 Å². The van der Waals surface area contributed by atoms with Crippen LogP contribution in [-0.2, 0) is 32.7 Å². The van der Waals surface area contributed by atoms with Crippen LogP contribution in [0.5, 0.6) is 0 Å². The molecule has 0 aliphatic heterocycles. The monoisotopic (exact) mass is 857 g/mol. The lowest BCUT2D eigenvalue weighted by molar-refractivity contribution is -0.220. The maximum Gasteiger partial charge on any atom is 0.472 e. The van der Waals surface area contributed by atoms with Crippen LogP contribution in [0.2, 0.25) is 0 Å². The van der Waals surface area contributed by atoms with Crippen molar-refractivity contribution in [3.05, 3.63) is 60.8 Å². The van der Waals surface area contributed by atoms with Gasteiger partial charge in [0.05, 0.1) is 6.61 Å². The summed E-state index contributed by atoms with van der Waals surface area (Å²) in [4.78, 5) is 35.6. The number of carbonyl (C=O) groups is 2. The van der Waals surface area contributed by atoms with Crippen LogP contribution in [0.25, 0.3) is 0 Å². The van der Waals surface area contributed by atoms with Gasteiger partial charge in [0, 0.05) is 12.8 Å². The summed E-state index contributed by atoms with van der Waals surface area (Å²) in [5.41, 5.74) is 0. The number of phosphoric ester groups is 1. The normalized spacial score (nSPS) is 22.9. The Hall–Kier alpha value is -2.45. The molecule has 0 aromatic carbocycles. The van der Waals surface area contributed by atoms with E-state index in [0.717, 1.165) is 77.0 Å². The van der Waals surface area contributed by atoms with E-state index < -0.39 is 75.7 Å². The molecule has 6 N–H and O–H groups in total. The second-order valence-corrected chi connectivity index (χ2v) is 16.6. The Morgan fingerprint density at radius 1 is 0.542 bits per heavy atom. The minimum absolute atomic E-state index is 0.0679. The van der Waals surface area contributed by atoms with E-state index in [1.165, 1.54) is 38.5 Å². The van der Waals surface area contributed by atoms with Crippen molar-refractivity contribution in [3.8, 4) is 0 Å². The topological polar surface area (TPSA) is 210 Å². The number of ether oxygens (including phenoxy) is 2. The molecule has 0 aromatic rings. The molecule has 8 atom stereocenters. The lowest BCUT2D eigenvalue weighted by atomic mass is 9.85. The van der Waals surface area contributed by atoms with Crippen molar-refractivity contribution in [1.29, 1.82) is 0 Å². The van der Waals surface area contributed by atoms with Crippen molar-refractivity contribution < 1.29 is 63.1 Å². The van der Waals surface area contributed by atoms with Crippen molar-refractivity contribution in [2.45, 2.75) is 198 Å². The Morgan fingerprint density at radius 2 is 0.966 bits per heavy atom. The fraction of sp³-hybridized carbons (Fsp3) is 0.733. The van der Waals surface area contributed by atoms with Crippen LogP contribution in [-0.4, -0.2) is 98.3 Å². The van der Waals surface area contributed by atoms with Crippen molar-refractivity contribution in [3.63, 3.8) is 0 Å². The molecule has 6 unspecified atom stereocenters. The number of phosphoric acid groups is 1. The van der Waals surface area contributed by atoms with Gasteiger partial charge in [-0.25, -0.2) is 4.57 Å². The van der Waals surface area contributed by atoms with Gasteiger partial charge >= 0.3 is 19.8 Å². The maximum absolute atomic E-state index is 12.8. The highest BCUT2D eigenvalue weighted by atomic mass is 31.2. The highest BCUT2D eigenvalue weighted by Crippen LogP contribution is 2.47. The van der Waals surface area contributed by atoms with Gasteiger partial charge in [0.25, 0.3) is 0 Å².